The van der Waals surface area contributed by atoms with Crippen LogP contribution in [0.2, 0.25) is 0 Å². The van der Waals surface area contributed by atoms with Crippen LogP contribution in [0.15, 0.2) is 59.7 Å². The van der Waals surface area contributed by atoms with Crippen molar-refractivity contribution in [1.82, 2.24) is 5.43 Å². The largest absolute Gasteiger partial charge is 0.508 e. The second-order valence-electron chi connectivity index (χ2n) is 6.47. The van der Waals surface area contributed by atoms with E-state index in [2.05, 4.69) is 10.5 Å². The van der Waals surface area contributed by atoms with E-state index in [9.17, 15) is 15.3 Å². The molecule has 1 aliphatic rings. The van der Waals surface area contributed by atoms with E-state index in [1.54, 1.807) is 6.07 Å². The highest BCUT2D eigenvalue weighted by atomic mass is 16.3. The van der Waals surface area contributed by atoms with Gasteiger partial charge in [-0.3, -0.25) is 5.43 Å². The van der Waals surface area contributed by atoms with Gasteiger partial charge in [-0.1, -0.05) is 49.4 Å². The number of aliphatic hydroxyl groups is 1. The Morgan fingerprint density at radius 1 is 1.00 bits per heavy atom. The lowest BCUT2D eigenvalue weighted by molar-refractivity contribution is 0.142. The van der Waals surface area contributed by atoms with Crippen molar-refractivity contribution >= 4 is 16.5 Å². The number of fused-ring (bicyclic) bond motifs is 1. The van der Waals surface area contributed by atoms with Crippen molar-refractivity contribution in [3.63, 3.8) is 0 Å². The summed E-state index contributed by atoms with van der Waals surface area (Å²) in [5, 5.41) is 37.3. The van der Waals surface area contributed by atoms with Crippen LogP contribution in [0.1, 0.15) is 29.5 Å². The van der Waals surface area contributed by atoms with Crippen LogP contribution in [0.5, 0.6) is 11.5 Å². The minimum Gasteiger partial charge on any atom is -0.508 e. The number of benzene rings is 3. The number of aryl methyl sites for hydroxylation is 1. The van der Waals surface area contributed by atoms with Gasteiger partial charge < -0.3 is 15.3 Å². The fourth-order valence-electron chi connectivity index (χ4n) is 3.61. The van der Waals surface area contributed by atoms with E-state index in [0.29, 0.717) is 17.7 Å². The predicted octanol–water partition coefficient (Wildman–Crippen LogP) is 3.22. The zero-order valence-electron chi connectivity index (χ0n) is 14.3. The summed E-state index contributed by atoms with van der Waals surface area (Å²) < 4.78 is 0. The third kappa shape index (κ3) is 2.57. The third-order valence-corrected chi connectivity index (χ3v) is 4.94. The van der Waals surface area contributed by atoms with Crippen molar-refractivity contribution in [3.05, 3.63) is 71.3 Å². The van der Waals surface area contributed by atoms with Crippen molar-refractivity contribution < 1.29 is 15.3 Å². The first-order chi connectivity index (χ1) is 12.6. The van der Waals surface area contributed by atoms with Crippen molar-refractivity contribution in [3.8, 4) is 11.5 Å². The summed E-state index contributed by atoms with van der Waals surface area (Å²) >= 11 is 0. The molecule has 5 nitrogen and oxygen atoms in total. The first-order valence-electron chi connectivity index (χ1n) is 8.64. The van der Waals surface area contributed by atoms with Crippen molar-refractivity contribution in [1.29, 1.82) is 0 Å². The smallest absolute Gasteiger partial charge is 0.152 e. The number of aromatic hydroxyl groups is 2. The molecule has 26 heavy (non-hydrogen) atoms. The van der Waals surface area contributed by atoms with Crippen LogP contribution in [0.25, 0.3) is 10.8 Å². The molecule has 132 valence electrons. The highest BCUT2D eigenvalue weighted by Crippen LogP contribution is 2.37. The molecule has 0 saturated heterocycles. The minimum atomic E-state index is -0.894. The van der Waals surface area contributed by atoms with Crippen LogP contribution in [-0.4, -0.2) is 27.3 Å². The summed E-state index contributed by atoms with van der Waals surface area (Å²) in [7, 11) is 0. The molecule has 0 aromatic heterocycles. The van der Waals surface area contributed by atoms with Crippen LogP contribution in [0.4, 0.5) is 0 Å². The number of nitrogens with one attached hydrogen (secondary N) is 1. The first-order valence-corrected chi connectivity index (χ1v) is 8.64. The van der Waals surface area contributed by atoms with Gasteiger partial charge in [-0.15, -0.1) is 0 Å². The SMILES string of the molecule is CCc1cc(C2=NNC(O)C2c2cccc3ccccc23)c(O)cc1O. The quantitative estimate of drug-likeness (QED) is 0.585. The van der Waals surface area contributed by atoms with E-state index >= 15 is 0 Å². The minimum absolute atomic E-state index is 0.0559. The Kier molecular flexibility index (Phi) is 4.01. The van der Waals surface area contributed by atoms with Gasteiger partial charge in [0, 0.05) is 11.6 Å². The van der Waals surface area contributed by atoms with Gasteiger partial charge >= 0.3 is 0 Å². The molecule has 0 spiro atoms. The number of hydrogen-bond donors (Lipinski definition) is 4. The zero-order chi connectivity index (χ0) is 18.3. The summed E-state index contributed by atoms with van der Waals surface area (Å²) in [5.74, 6) is -0.427. The molecule has 4 N–H and O–H groups in total. The fourth-order valence-corrected chi connectivity index (χ4v) is 3.61. The number of nitrogens with zero attached hydrogens (tertiary/aromatic N) is 1. The molecule has 0 fully saturated rings. The Hall–Kier alpha value is -3.05. The third-order valence-electron chi connectivity index (χ3n) is 4.94. The molecule has 2 atom stereocenters. The van der Waals surface area contributed by atoms with E-state index in [0.717, 1.165) is 21.9 Å². The molecule has 0 aliphatic carbocycles. The lowest BCUT2D eigenvalue weighted by atomic mass is 9.85. The van der Waals surface area contributed by atoms with E-state index in [1.165, 1.54) is 6.07 Å². The number of hydrogen-bond acceptors (Lipinski definition) is 5. The number of hydrazone groups is 1. The first kappa shape index (κ1) is 16.4. The van der Waals surface area contributed by atoms with Crippen molar-refractivity contribution in [2.45, 2.75) is 25.5 Å². The Balaban J connectivity index is 1.88. The maximum Gasteiger partial charge on any atom is 0.152 e. The number of phenolic OH excluding ortho intramolecular Hbond substituents is 2. The maximum absolute atomic E-state index is 10.5. The van der Waals surface area contributed by atoms with Gasteiger partial charge in [0.2, 0.25) is 0 Å². The van der Waals surface area contributed by atoms with Gasteiger partial charge in [0.15, 0.2) is 6.23 Å². The number of rotatable bonds is 3. The van der Waals surface area contributed by atoms with Crippen LogP contribution in [0, 0.1) is 0 Å². The fraction of sp³-hybridized carbons (Fsp3) is 0.190. The van der Waals surface area contributed by atoms with E-state index < -0.39 is 12.1 Å². The van der Waals surface area contributed by atoms with Crippen LogP contribution in [0.3, 0.4) is 0 Å². The maximum atomic E-state index is 10.5. The molecule has 0 bridgehead atoms. The summed E-state index contributed by atoms with van der Waals surface area (Å²) in [6.07, 6.45) is -0.268. The van der Waals surface area contributed by atoms with Gasteiger partial charge in [-0.05, 0) is 34.4 Å². The lowest BCUT2D eigenvalue weighted by Crippen LogP contribution is -2.27. The number of aliphatic hydroxyl groups excluding tert-OH is 1. The van der Waals surface area contributed by atoms with Crippen LogP contribution >= 0.6 is 0 Å². The molecule has 1 heterocycles. The molecular formula is C21H20N2O3. The molecule has 2 unspecified atom stereocenters. The van der Waals surface area contributed by atoms with E-state index in [-0.39, 0.29) is 11.5 Å². The summed E-state index contributed by atoms with van der Waals surface area (Å²) in [6, 6.07) is 17.0. The van der Waals surface area contributed by atoms with Crippen LogP contribution < -0.4 is 5.43 Å². The monoisotopic (exact) mass is 348 g/mol. The molecule has 0 radical (unpaired) electrons. The second kappa shape index (κ2) is 6.35. The molecule has 1 aliphatic heterocycles. The highest BCUT2D eigenvalue weighted by Gasteiger charge is 2.35. The Morgan fingerprint density at radius 3 is 2.58 bits per heavy atom. The normalized spacial score (nSPS) is 19.4. The molecule has 4 rings (SSSR count). The molecule has 0 amide bonds. The van der Waals surface area contributed by atoms with Crippen LogP contribution in [-0.2, 0) is 6.42 Å². The Morgan fingerprint density at radius 2 is 1.77 bits per heavy atom. The topological polar surface area (TPSA) is 85.1 Å². The Bertz CT molecular complexity index is 1010. The van der Waals surface area contributed by atoms with Crippen molar-refractivity contribution in [2.24, 2.45) is 5.10 Å². The second-order valence-corrected chi connectivity index (χ2v) is 6.47. The molecule has 3 aromatic carbocycles. The van der Waals surface area contributed by atoms with Crippen molar-refractivity contribution in [2.75, 3.05) is 0 Å². The Labute approximate surface area is 151 Å². The molecular weight excluding hydrogens is 328 g/mol. The average molecular weight is 348 g/mol. The molecule has 3 aromatic rings. The zero-order valence-corrected chi connectivity index (χ0v) is 14.3. The molecule has 0 saturated carbocycles. The van der Waals surface area contributed by atoms with E-state index in [4.69, 9.17) is 0 Å². The summed E-state index contributed by atoms with van der Waals surface area (Å²) in [4.78, 5) is 0. The summed E-state index contributed by atoms with van der Waals surface area (Å²) in [5.41, 5.74) is 5.46. The number of phenols is 2. The summed E-state index contributed by atoms with van der Waals surface area (Å²) in [6.45, 7) is 1.93. The molecule has 5 heteroatoms. The van der Waals surface area contributed by atoms with Gasteiger partial charge in [0.05, 0.1) is 11.6 Å². The lowest BCUT2D eigenvalue weighted by Gasteiger charge is -2.20. The van der Waals surface area contributed by atoms with Gasteiger partial charge in [-0.25, -0.2) is 0 Å². The predicted molar refractivity (Wildman–Crippen MR) is 102 cm³/mol. The van der Waals surface area contributed by atoms with Gasteiger partial charge in [0.1, 0.15) is 11.5 Å². The van der Waals surface area contributed by atoms with Gasteiger partial charge in [0.25, 0.3) is 0 Å². The standard InChI is InChI=1S/C21H20N2O3/c1-2-12-10-16(18(25)11-17(12)24)20-19(21(26)23-22-20)15-9-5-7-13-6-3-4-8-14(13)15/h3-11,19,21,23-26H,2H2,1H3. The van der Waals surface area contributed by atoms with Gasteiger partial charge in [-0.2, -0.15) is 5.10 Å². The van der Waals surface area contributed by atoms with E-state index in [1.807, 2.05) is 49.4 Å². The highest BCUT2D eigenvalue weighted by molar-refractivity contribution is 6.10. The average Bonchev–Trinajstić information content (AvgIpc) is 3.02.